The van der Waals surface area contributed by atoms with Gasteiger partial charge in [0.1, 0.15) is 6.04 Å². The highest BCUT2D eigenvalue weighted by molar-refractivity contribution is 6.35. The number of carboxylic acid groups (broad SMARTS) is 1. The zero-order valence-corrected chi connectivity index (χ0v) is 12.1. The van der Waals surface area contributed by atoms with Gasteiger partial charge in [0.25, 0.3) is 0 Å². The number of amides is 1. The van der Waals surface area contributed by atoms with Gasteiger partial charge in [-0.2, -0.15) is 0 Å². The number of rotatable bonds is 3. The Hall–Kier alpha value is -1.52. The fourth-order valence-electron chi connectivity index (χ4n) is 2.18. The molecule has 1 heterocycles. The molecule has 0 bridgehead atoms. The van der Waals surface area contributed by atoms with Gasteiger partial charge in [0, 0.05) is 22.7 Å². The molecule has 0 spiro atoms. The Morgan fingerprint density at radius 1 is 1.35 bits per heavy atom. The summed E-state index contributed by atoms with van der Waals surface area (Å²) in [4.78, 5) is 24.4. The molecule has 6 heteroatoms. The van der Waals surface area contributed by atoms with Gasteiger partial charge in [0.15, 0.2) is 0 Å². The first-order valence-corrected chi connectivity index (χ1v) is 6.91. The first kappa shape index (κ1) is 14.9. The molecule has 0 saturated carbocycles. The first-order valence-electron chi connectivity index (χ1n) is 6.15. The second kappa shape index (κ2) is 6.29. The predicted octanol–water partition coefficient (Wildman–Crippen LogP) is 3.08. The van der Waals surface area contributed by atoms with Crippen molar-refractivity contribution in [1.29, 1.82) is 0 Å². The van der Waals surface area contributed by atoms with E-state index in [1.807, 2.05) is 0 Å². The molecule has 1 aromatic carbocycles. The molecular weight excluding hydrogens is 301 g/mol. The van der Waals surface area contributed by atoms with Crippen molar-refractivity contribution in [2.75, 3.05) is 6.54 Å². The van der Waals surface area contributed by atoms with E-state index in [1.54, 1.807) is 24.3 Å². The van der Waals surface area contributed by atoms with Gasteiger partial charge < -0.3 is 10.0 Å². The minimum Gasteiger partial charge on any atom is -0.480 e. The third kappa shape index (κ3) is 3.32. The van der Waals surface area contributed by atoms with Gasteiger partial charge in [0.2, 0.25) is 5.91 Å². The molecule has 1 aliphatic heterocycles. The molecule has 106 valence electrons. The van der Waals surface area contributed by atoms with Crippen LogP contribution in [0.15, 0.2) is 24.3 Å². The van der Waals surface area contributed by atoms with Gasteiger partial charge in [-0.25, -0.2) is 4.79 Å². The Bertz CT molecular complexity index is 572. The lowest BCUT2D eigenvalue weighted by molar-refractivity contribution is -0.146. The normalized spacial score (nSPS) is 18.7. The van der Waals surface area contributed by atoms with E-state index in [-0.39, 0.29) is 5.91 Å². The summed E-state index contributed by atoms with van der Waals surface area (Å²) in [5.41, 5.74) is 0.662. The zero-order valence-electron chi connectivity index (χ0n) is 10.6. The van der Waals surface area contributed by atoms with Crippen LogP contribution in [0, 0.1) is 0 Å². The monoisotopic (exact) mass is 313 g/mol. The molecular formula is C14H13Cl2NO3. The number of benzene rings is 1. The fourth-order valence-corrected chi connectivity index (χ4v) is 2.65. The maximum absolute atomic E-state index is 12.0. The average molecular weight is 314 g/mol. The van der Waals surface area contributed by atoms with Crippen molar-refractivity contribution in [3.8, 4) is 0 Å². The Kier molecular flexibility index (Phi) is 4.68. The van der Waals surface area contributed by atoms with Crippen molar-refractivity contribution >= 4 is 41.2 Å². The van der Waals surface area contributed by atoms with E-state index < -0.39 is 12.0 Å². The lowest BCUT2D eigenvalue weighted by Crippen LogP contribution is -2.39. The average Bonchev–Trinajstić information content (AvgIpc) is 2.86. The van der Waals surface area contributed by atoms with Crippen LogP contribution in [0.25, 0.3) is 6.08 Å². The number of halogens is 2. The number of carbonyl (C=O) groups excluding carboxylic acids is 1. The number of carboxylic acids is 1. The minimum absolute atomic E-state index is 0.319. The highest BCUT2D eigenvalue weighted by Gasteiger charge is 2.32. The van der Waals surface area contributed by atoms with Crippen molar-refractivity contribution in [3.63, 3.8) is 0 Å². The molecule has 1 aromatic rings. The summed E-state index contributed by atoms with van der Waals surface area (Å²) in [6.45, 7) is 0.467. The van der Waals surface area contributed by atoms with E-state index in [1.165, 1.54) is 11.0 Å². The van der Waals surface area contributed by atoms with E-state index in [2.05, 4.69) is 0 Å². The van der Waals surface area contributed by atoms with E-state index in [9.17, 15) is 9.59 Å². The SMILES string of the molecule is O=C(O)[C@@H]1CCCN1C(=O)/C=C/c1ccc(Cl)cc1Cl. The number of hydrogen-bond donors (Lipinski definition) is 1. The van der Waals surface area contributed by atoms with Crippen LogP contribution >= 0.6 is 23.2 Å². The van der Waals surface area contributed by atoms with Gasteiger partial charge in [-0.1, -0.05) is 29.3 Å². The second-order valence-electron chi connectivity index (χ2n) is 4.53. The van der Waals surface area contributed by atoms with E-state index in [4.69, 9.17) is 28.3 Å². The number of likely N-dealkylation sites (tertiary alicyclic amines) is 1. The summed E-state index contributed by atoms with van der Waals surface area (Å²) in [5, 5.41) is 10.00. The summed E-state index contributed by atoms with van der Waals surface area (Å²) in [6, 6.07) is 4.23. The Morgan fingerprint density at radius 3 is 2.75 bits per heavy atom. The van der Waals surface area contributed by atoms with Gasteiger partial charge in [0.05, 0.1) is 0 Å². The first-order chi connectivity index (χ1) is 9.49. The van der Waals surface area contributed by atoms with Crippen molar-refractivity contribution < 1.29 is 14.7 Å². The van der Waals surface area contributed by atoms with Crippen LogP contribution in [0.1, 0.15) is 18.4 Å². The molecule has 1 aliphatic rings. The molecule has 0 aliphatic carbocycles. The molecule has 0 unspecified atom stereocenters. The van der Waals surface area contributed by atoms with Crippen LogP contribution in [-0.2, 0) is 9.59 Å². The second-order valence-corrected chi connectivity index (χ2v) is 5.37. The van der Waals surface area contributed by atoms with Crippen molar-refractivity contribution in [1.82, 2.24) is 4.90 Å². The Morgan fingerprint density at radius 2 is 2.10 bits per heavy atom. The number of nitrogens with zero attached hydrogens (tertiary/aromatic N) is 1. The van der Waals surface area contributed by atoms with Gasteiger partial charge in [-0.05, 0) is 36.6 Å². The van der Waals surface area contributed by atoms with Crippen LogP contribution < -0.4 is 0 Å². The lowest BCUT2D eigenvalue weighted by atomic mass is 10.2. The third-order valence-electron chi connectivity index (χ3n) is 3.19. The number of hydrogen-bond acceptors (Lipinski definition) is 2. The maximum Gasteiger partial charge on any atom is 0.326 e. The fraction of sp³-hybridized carbons (Fsp3) is 0.286. The van der Waals surface area contributed by atoms with E-state index >= 15 is 0 Å². The summed E-state index contributed by atoms with van der Waals surface area (Å²) in [7, 11) is 0. The highest BCUT2D eigenvalue weighted by Crippen LogP contribution is 2.23. The molecule has 1 amide bonds. The van der Waals surface area contributed by atoms with Gasteiger partial charge in [-0.3, -0.25) is 4.79 Å². The summed E-state index contributed by atoms with van der Waals surface area (Å²) >= 11 is 11.8. The highest BCUT2D eigenvalue weighted by atomic mass is 35.5. The van der Waals surface area contributed by atoms with Crippen LogP contribution in [0.5, 0.6) is 0 Å². The number of carbonyl (C=O) groups is 2. The molecule has 1 saturated heterocycles. The third-order valence-corrected chi connectivity index (χ3v) is 3.75. The largest absolute Gasteiger partial charge is 0.480 e. The van der Waals surface area contributed by atoms with Gasteiger partial charge in [-0.15, -0.1) is 0 Å². The molecule has 2 rings (SSSR count). The summed E-state index contributed by atoms with van der Waals surface area (Å²) < 4.78 is 0. The maximum atomic E-state index is 12.0. The van der Waals surface area contributed by atoms with Crippen LogP contribution in [0.2, 0.25) is 10.0 Å². The minimum atomic E-state index is -0.964. The molecule has 0 radical (unpaired) electrons. The Labute approximate surface area is 126 Å². The van der Waals surface area contributed by atoms with E-state index in [0.717, 1.165) is 0 Å². The van der Waals surface area contributed by atoms with Crippen LogP contribution in [-0.4, -0.2) is 34.5 Å². The zero-order chi connectivity index (χ0) is 14.7. The smallest absolute Gasteiger partial charge is 0.326 e. The standard InChI is InChI=1S/C14H13Cl2NO3/c15-10-5-3-9(11(16)8-10)4-6-13(18)17-7-1-2-12(17)14(19)20/h3-6,8,12H,1-2,7H2,(H,19,20)/b6-4+/t12-/m0/s1. The molecule has 20 heavy (non-hydrogen) atoms. The molecule has 0 aromatic heterocycles. The van der Waals surface area contributed by atoms with Crippen molar-refractivity contribution in [2.45, 2.75) is 18.9 Å². The molecule has 1 atom stereocenters. The predicted molar refractivity (Wildman–Crippen MR) is 77.9 cm³/mol. The van der Waals surface area contributed by atoms with Crippen LogP contribution in [0.3, 0.4) is 0 Å². The summed E-state index contributed by atoms with van der Waals surface area (Å²) in [5.74, 6) is -1.28. The molecule has 1 fully saturated rings. The molecule has 4 nitrogen and oxygen atoms in total. The Balaban J connectivity index is 2.11. The topological polar surface area (TPSA) is 57.6 Å². The quantitative estimate of drug-likeness (QED) is 0.872. The van der Waals surface area contributed by atoms with Crippen LogP contribution in [0.4, 0.5) is 0 Å². The number of aliphatic carboxylic acids is 1. The lowest BCUT2D eigenvalue weighted by Gasteiger charge is -2.19. The van der Waals surface area contributed by atoms with Crippen molar-refractivity contribution in [2.24, 2.45) is 0 Å². The van der Waals surface area contributed by atoms with Gasteiger partial charge >= 0.3 is 5.97 Å². The van der Waals surface area contributed by atoms with E-state index in [0.29, 0.717) is 35.0 Å². The summed E-state index contributed by atoms with van der Waals surface area (Å²) in [6.07, 6.45) is 4.11. The van der Waals surface area contributed by atoms with Crippen molar-refractivity contribution in [3.05, 3.63) is 39.9 Å². The molecule has 1 N–H and O–H groups in total.